The predicted octanol–water partition coefficient (Wildman–Crippen LogP) is 11.3. The third-order valence-corrected chi connectivity index (χ3v) is 8.00. The van der Waals surface area contributed by atoms with Crippen molar-refractivity contribution >= 4 is 32.3 Å². The Balaban J connectivity index is 0.000000126. The van der Waals surface area contributed by atoms with Gasteiger partial charge in [-0.1, -0.05) is 103 Å². The summed E-state index contributed by atoms with van der Waals surface area (Å²) in [5.74, 6) is 0. The van der Waals surface area contributed by atoms with Crippen LogP contribution in [0, 0.1) is 12.1 Å². The van der Waals surface area contributed by atoms with Gasteiger partial charge in [0.2, 0.25) is 0 Å². The van der Waals surface area contributed by atoms with Crippen LogP contribution < -0.4 is 0 Å². The first-order chi connectivity index (χ1) is 23.8. The van der Waals surface area contributed by atoms with E-state index in [0.29, 0.717) is 0 Å². The van der Waals surface area contributed by atoms with Crippen molar-refractivity contribution in [2.24, 2.45) is 0 Å². The molecular formula is C45H31IrN3-2. The second-order valence-corrected chi connectivity index (χ2v) is 11.1. The van der Waals surface area contributed by atoms with Crippen molar-refractivity contribution in [2.45, 2.75) is 0 Å². The topological polar surface area (TPSA) is 38.7 Å². The molecule has 0 bridgehead atoms. The van der Waals surface area contributed by atoms with Crippen LogP contribution in [0.5, 0.6) is 0 Å². The molecule has 0 aliphatic rings. The second-order valence-electron chi connectivity index (χ2n) is 11.1. The first-order valence-electron chi connectivity index (χ1n) is 15.9. The number of rotatable bonds is 3. The van der Waals surface area contributed by atoms with E-state index in [2.05, 4.69) is 87.7 Å². The van der Waals surface area contributed by atoms with Gasteiger partial charge in [-0.2, -0.15) is 0 Å². The molecule has 4 heteroatoms. The van der Waals surface area contributed by atoms with Crippen LogP contribution in [0.4, 0.5) is 0 Å². The van der Waals surface area contributed by atoms with Gasteiger partial charge in [-0.05, 0) is 56.5 Å². The van der Waals surface area contributed by atoms with Gasteiger partial charge in [-0.3, -0.25) is 4.98 Å². The fraction of sp³-hybridized carbons (Fsp3) is 0. The summed E-state index contributed by atoms with van der Waals surface area (Å²) < 4.78 is 0. The summed E-state index contributed by atoms with van der Waals surface area (Å²) in [5.41, 5.74) is 6.30. The minimum Gasteiger partial charge on any atom is -0.304 e. The average molecular weight is 806 g/mol. The van der Waals surface area contributed by atoms with E-state index in [1.54, 1.807) is 0 Å². The van der Waals surface area contributed by atoms with Gasteiger partial charge >= 0.3 is 0 Å². The first-order valence-corrected chi connectivity index (χ1v) is 15.9. The number of hydrogen-bond acceptors (Lipinski definition) is 3. The minimum absolute atomic E-state index is 0. The predicted molar refractivity (Wildman–Crippen MR) is 199 cm³/mol. The molecule has 0 saturated heterocycles. The van der Waals surface area contributed by atoms with Crippen molar-refractivity contribution in [3.05, 3.63) is 201 Å². The van der Waals surface area contributed by atoms with Crippen LogP contribution in [0.3, 0.4) is 0 Å². The third kappa shape index (κ3) is 7.85. The van der Waals surface area contributed by atoms with Gasteiger partial charge in [0.15, 0.2) is 0 Å². The quantitative estimate of drug-likeness (QED) is 0.167. The van der Waals surface area contributed by atoms with Crippen LogP contribution in [0.25, 0.3) is 66.1 Å². The Hall–Kier alpha value is -5.80. The molecule has 0 unspecified atom stereocenters. The Morgan fingerprint density at radius 1 is 0.327 bits per heavy atom. The normalized spacial score (nSPS) is 10.3. The molecular weight excluding hydrogens is 775 g/mol. The van der Waals surface area contributed by atoms with Gasteiger partial charge in [-0.25, -0.2) is 0 Å². The zero-order valence-electron chi connectivity index (χ0n) is 26.6. The van der Waals surface area contributed by atoms with Crippen LogP contribution >= 0.6 is 0 Å². The molecule has 237 valence electrons. The molecule has 0 atom stereocenters. The zero-order valence-corrected chi connectivity index (χ0v) is 29.0. The molecule has 3 nitrogen and oxygen atoms in total. The van der Waals surface area contributed by atoms with Crippen molar-refractivity contribution in [3.63, 3.8) is 0 Å². The maximum Gasteiger partial charge on any atom is 0.0780 e. The smallest absolute Gasteiger partial charge is 0.0780 e. The SMILES string of the molecule is [Ir].[c-]1ccccc1-c1nccc2ccccc12.[c-]1ccccc1-c1nccc2ccccc12.c1ccc(-c2nccc3ccccc23)cc1. The molecule has 0 fully saturated rings. The van der Waals surface area contributed by atoms with E-state index in [9.17, 15) is 0 Å². The van der Waals surface area contributed by atoms with E-state index in [-0.39, 0.29) is 20.1 Å². The summed E-state index contributed by atoms with van der Waals surface area (Å²) in [6, 6.07) is 63.6. The van der Waals surface area contributed by atoms with Crippen molar-refractivity contribution in [1.82, 2.24) is 15.0 Å². The summed E-state index contributed by atoms with van der Waals surface area (Å²) in [6.07, 6.45) is 5.56. The summed E-state index contributed by atoms with van der Waals surface area (Å²) in [6.45, 7) is 0. The Bertz CT molecular complexity index is 2110. The Labute approximate surface area is 300 Å². The molecule has 0 spiro atoms. The molecule has 9 rings (SSSR count). The van der Waals surface area contributed by atoms with Crippen LogP contribution in [0.1, 0.15) is 0 Å². The number of benzene rings is 6. The number of pyridine rings is 3. The van der Waals surface area contributed by atoms with E-state index < -0.39 is 0 Å². The van der Waals surface area contributed by atoms with Gasteiger partial charge in [0.25, 0.3) is 0 Å². The maximum absolute atomic E-state index is 4.48. The monoisotopic (exact) mass is 806 g/mol. The molecule has 0 N–H and O–H groups in total. The zero-order chi connectivity index (χ0) is 32.4. The fourth-order valence-electron chi connectivity index (χ4n) is 5.70. The van der Waals surface area contributed by atoms with Crippen LogP contribution in [-0.2, 0) is 20.1 Å². The molecule has 6 aromatic carbocycles. The van der Waals surface area contributed by atoms with Crippen molar-refractivity contribution in [3.8, 4) is 33.8 Å². The van der Waals surface area contributed by atoms with E-state index >= 15 is 0 Å². The largest absolute Gasteiger partial charge is 0.304 e. The molecule has 0 amide bonds. The van der Waals surface area contributed by atoms with E-state index in [1.807, 2.05) is 128 Å². The number of nitrogens with zero attached hydrogens (tertiary/aromatic N) is 3. The number of fused-ring (bicyclic) bond motifs is 3. The molecule has 49 heavy (non-hydrogen) atoms. The van der Waals surface area contributed by atoms with Crippen molar-refractivity contribution in [1.29, 1.82) is 0 Å². The minimum atomic E-state index is 0. The van der Waals surface area contributed by atoms with Crippen LogP contribution in [0.15, 0.2) is 188 Å². The average Bonchev–Trinajstić information content (AvgIpc) is 3.19. The van der Waals surface area contributed by atoms with E-state index in [0.717, 1.165) is 28.2 Å². The maximum atomic E-state index is 4.48. The molecule has 9 aromatic rings. The van der Waals surface area contributed by atoms with Gasteiger partial charge in [0.1, 0.15) is 0 Å². The molecule has 0 aliphatic carbocycles. The standard InChI is InChI=1S/C15H11N.2C15H10N.Ir/c3*1-2-7-13(8-3-1)15-14-9-5-4-6-12(14)10-11-16-15;/h1-11H;2*1-7,9-11H;/q;2*-1;. The van der Waals surface area contributed by atoms with Crippen molar-refractivity contribution < 1.29 is 20.1 Å². The molecule has 3 heterocycles. The molecule has 0 aliphatic heterocycles. The van der Waals surface area contributed by atoms with Gasteiger partial charge in [-0.15, -0.1) is 71.8 Å². The third-order valence-electron chi connectivity index (χ3n) is 8.00. The van der Waals surface area contributed by atoms with Crippen LogP contribution in [-0.4, -0.2) is 15.0 Å². The Morgan fingerprint density at radius 3 is 1.12 bits per heavy atom. The van der Waals surface area contributed by atoms with Crippen molar-refractivity contribution in [2.75, 3.05) is 0 Å². The van der Waals surface area contributed by atoms with E-state index in [4.69, 9.17) is 0 Å². The van der Waals surface area contributed by atoms with Crippen LogP contribution in [0.2, 0.25) is 0 Å². The van der Waals surface area contributed by atoms with E-state index in [1.165, 1.54) is 37.9 Å². The van der Waals surface area contributed by atoms with Gasteiger partial charge in [0.05, 0.1) is 5.69 Å². The summed E-state index contributed by atoms with van der Waals surface area (Å²) >= 11 is 0. The number of aromatic nitrogens is 3. The Kier molecular flexibility index (Phi) is 11.0. The van der Waals surface area contributed by atoms with Gasteiger partial charge < -0.3 is 9.97 Å². The first kappa shape index (κ1) is 33.1. The van der Waals surface area contributed by atoms with Gasteiger partial charge in [0, 0.05) is 49.6 Å². The molecule has 0 saturated carbocycles. The summed E-state index contributed by atoms with van der Waals surface area (Å²) in [7, 11) is 0. The fourth-order valence-corrected chi connectivity index (χ4v) is 5.70. The number of hydrogen-bond donors (Lipinski definition) is 0. The molecule has 3 aromatic heterocycles. The summed E-state index contributed by atoms with van der Waals surface area (Å²) in [5, 5.41) is 7.21. The second kappa shape index (κ2) is 16.3. The Morgan fingerprint density at radius 2 is 0.694 bits per heavy atom. The summed E-state index contributed by atoms with van der Waals surface area (Å²) in [4.78, 5) is 13.4. The molecule has 1 radical (unpaired) electrons.